The molecule has 0 amide bonds. The van der Waals surface area contributed by atoms with Gasteiger partial charge in [0, 0.05) is 22.0 Å². The Balaban J connectivity index is 2.39. The Labute approximate surface area is 191 Å². The van der Waals surface area contributed by atoms with Crippen LogP contribution in [0, 0.1) is 10.8 Å². The fourth-order valence-corrected chi connectivity index (χ4v) is 2.97. The lowest BCUT2D eigenvalue weighted by Gasteiger charge is -2.21. The summed E-state index contributed by atoms with van der Waals surface area (Å²) in [6.07, 6.45) is 0. The van der Waals surface area contributed by atoms with Gasteiger partial charge in [-0.1, -0.05) is 41.5 Å². The Morgan fingerprint density at radius 3 is 1.34 bits per heavy atom. The maximum absolute atomic E-state index is 12.9. The van der Waals surface area contributed by atoms with E-state index in [1.807, 2.05) is 20.8 Å². The number of ether oxygens (including phenoxy) is 2. The van der Waals surface area contributed by atoms with Crippen LogP contribution in [0.5, 0.6) is 11.5 Å². The molecule has 2 rings (SSSR count). The van der Waals surface area contributed by atoms with Gasteiger partial charge in [-0.05, 0) is 63.2 Å². The second-order valence-corrected chi connectivity index (χ2v) is 11.0. The number of rotatable bonds is 5. The third-order valence-corrected chi connectivity index (χ3v) is 4.51. The van der Waals surface area contributed by atoms with E-state index in [-0.39, 0.29) is 22.7 Å². The molecule has 0 atom stereocenters. The molecule has 172 valence electrons. The molecule has 5 heteroatoms. The van der Waals surface area contributed by atoms with Gasteiger partial charge in [0.15, 0.2) is 11.6 Å². The predicted octanol–water partition coefficient (Wildman–Crippen LogP) is 6.54. The molecular weight excluding hydrogens is 404 g/mol. The van der Waals surface area contributed by atoms with Gasteiger partial charge in [0.05, 0.1) is 5.56 Å². The van der Waals surface area contributed by atoms with Crippen molar-refractivity contribution in [3.8, 4) is 11.5 Å². The van der Waals surface area contributed by atoms with Crippen molar-refractivity contribution in [3.05, 3.63) is 59.2 Å². The Morgan fingerprint density at radius 1 is 0.594 bits per heavy atom. The highest BCUT2D eigenvalue weighted by molar-refractivity contribution is 6.07. The molecular formula is C27H34O5. The monoisotopic (exact) mass is 438 g/mol. The average molecular weight is 439 g/mol. The Bertz CT molecular complexity index is 966. The van der Waals surface area contributed by atoms with Crippen molar-refractivity contribution >= 4 is 17.5 Å². The van der Waals surface area contributed by atoms with Crippen molar-refractivity contribution in [2.45, 2.75) is 67.9 Å². The van der Waals surface area contributed by atoms with Crippen molar-refractivity contribution in [3.63, 3.8) is 0 Å². The van der Waals surface area contributed by atoms with Crippen LogP contribution < -0.4 is 9.47 Å². The lowest BCUT2D eigenvalue weighted by molar-refractivity contribution is 0.0733. The Morgan fingerprint density at radius 2 is 0.969 bits per heavy atom. The number of carbonyl (C=O) groups is 3. The maximum Gasteiger partial charge on any atom is 0.343 e. The molecule has 0 aliphatic carbocycles. The van der Waals surface area contributed by atoms with Crippen LogP contribution in [-0.4, -0.2) is 23.1 Å². The van der Waals surface area contributed by atoms with Crippen molar-refractivity contribution in [1.29, 1.82) is 0 Å². The number of ketones is 2. The van der Waals surface area contributed by atoms with Crippen LogP contribution in [0.4, 0.5) is 0 Å². The van der Waals surface area contributed by atoms with Crippen LogP contribution in [0.3, 0.4) is 0 Å². The third-order valence-electron chi connectivity index (χ3n) is 4.51. The summed E-state index contributed by atoms with van der Waals surface area (Å²) in [6, 6.07) is 11.3. The number of benzene rings is 2. The van der Waals surface area contributed by atoms with E-state index < -0.39 is 16.8 Å². The second-order valence-electron chi connectivity index (χ2n) is 11.0. The fourth-order valence-electron chi connectivity index (χ4n) is 2.97. The van der Waals surface area contributed by atoms with Gasteiger partial charge in [-0.3, -0.25) is 9.59 Å². The van der Waals surface area contributed by atoms with E-state index in [0.717, 1.165) is 0 Å². The number of hydrogen-bond donors (Lipinski definition) is 0. The van der Waals surface area contributed by atoms with Crippen LogP contribution in [0.1, 0.15) is 93.4 Å². The van der Waals surface area contributed by atoms with Gasteiger partial charge in [-0.15, -0.1) is 0 Å². The second kappa shape index (κ2) is 8.89. The summed E-state index contributed by atoms with van der Waals surface area (Å²) in [6.45, 7) is 16.6. The van der Waals surface area contributed by atoms with Crippen molar-refractivity contribution in [2.24, 2.45) is 10.8 Å². The summed E-state index contributed by atoms with van der Waals surface area (Å²) >= 11 is 0. The summed E-state index contributed by atoms with van der Waals surface area (Å²) in [5.41, 5.74) is -0.875. The third kappa shape index (κ3) is 6.78. The molecule has 5 nitrogen and oxygen atoms in total. The van der Waals surface area contributed by atoms with E-state index in [0.29, 0.717) is 22.6 Å². The largest absolute Gasteiger partial charge is 0.488 e. The zero-order chi connectivity index (χ0) is 24.5. The molecule has 0 saturated heterocycles. The molecule has 2 aromatic rings. The first-order valence-corrected chi connectivity index (χ1v) is 10.7. The fraction of sp³-hybridized carbons (Fsp3) is 0.444. The highest BCUT2D eigenvalue weighted by atomic mass is 16.5. The zero-order valence-electron chi connectivity index (χ0n) is 20.6. The van der Waals surface area contributed by atoms with Gasteiger partial charge in [0.2, 0.25) is 0 Å². The van der Waals surface area contributed by atoms with E-state index in [1.54, 1.807) is 71.9 Å². The molecule has 0 unspecified atom stereocenters. The topological polar surface area (TPSA) is 69.7 Å². The lowest BCUT2D eigenvalue weighted by atomic mass is 9.82. The minimum absolute atomic E-state index is 0.154. The number of Topliss-reactive ketones (excluding diaryl/α,β-unsaturated/α-hetero) is 2. The molecule has 0 heterocycles. The molecule has 0 saturated carbocycles. The number of hydrogen-bond acceptors (Lipinski definition) is 5. The molecule has 32 heavy (non-hydrogen) atoms. The van der Waals surface area contributed by atoms with Crippen LogP contribution in [-0.2, 0) is 0 Å². The first-order valence-electron chi connectivity index (χ1n) is 10.7. The summed E-state index contributed by atoms with van der Waals surface area (Å²) in [4.78, 5) is 38.7. The standard InChI is InChI=1S/C27H34O5/c1-25(2,3)22(28)17-14-18(23(29)26(4,5)6)16-19(15-17)24(30)31-20-10-12-21(13-11-20)32-27(7,8)9/h10-16H,1-9H3. The van der Waals surface area contributed by atoms with Crippen LogP contribution in [0.15, 0.2) is 42.5 Å². The molecule has 0 N–H and O–H groups in total. The van der Waals surface area contributed by atoms with E-state index in [9.17, 15) is 14.4 Å². The summed E-state index contributed by atoms with van der Waals surface area (Å²) in [5.74, 6) is 0.0548. The Kier molecular flexibility index (Phi) is 7.03. The quantitative estimate of drug-likeness (QED) is 0.301. The van der Waals surface area contributed by atoms with E-state index in [2.05, 4.69) is 0 Å². The molecule has 0 aliphatic heterocycles. The molecule has 0 bridgehead atoms. The highest BCUT2D eigenvalue weighted by Gasteiger charge is 2.28. The average Bonchev–Trinajstić information content (AvgIpc) is 2.65. The van der Waals surface area contributed by atoms with Crippen molar-refractivity contribution in [1.82, 2.24) is 0 Å². The van der Waals surface area contributed by atoms with Crippen LogP contribution in [0.2, 0.25) is 0 Å². The van der Waals surface area contributed by atoms with Gasteiger partial charge in [0.1, 0.15) is 17.1 Å². The van der Waals surface area contributed by atoms with Crippen LogP contribution in [0.25, 0.3) is 0 Å². The summed E-state index contributed by atoms with van der Waals surface area (Å²) in [7, 11) is 0. The van der Waals surface area contributed by atoms with Gasteiger partial charge >= 0.3 is 5.97 Å². The zero-order valence-corrected chi connectivity index (χ0v) is 20.6. The highest BCUT2D eigenvalue weighted by Crippen LogP contribution is 2.27. The normalized spacial score (nSPS) is 12.3. The van der Waals surface area contributed by atoms with Gasteiger partial charge in [-0.25, -0.2) is 4.79 Å². The van der Waals surface area contributed by atoms with Gasteiger partial charge in [0.25, 0.3) is 0 Å². The molecule has 0 fully saturated rings. The van der Waals surface area contributed by atoms with E-state index in [1.165, 1.54) is 12.1 Å². The number of esters is 1. The maximum atomic E-state index is 12.9. The van der Waals surface area contributed by atoms with Gasteiger partial charge in [-0.2, -0.15) is 0 Å². The predicted molar refractivity (Wildman–Crippen MR) is 126 cm³/mol. The molecule has 0 aromatic heterocycles. The number of carbonyl (C=O) groups excluding carboxylic acids is 3. The Hall–Kier alpha value is -2.95. The van der Waals surface area contributed by atoms with Crippen molar-refractivity contribution in [2.75, 3.05) is 0 Å². The first-order chi connectivity index (χ1) is 14.5. The van der Waals surface area contributed by atoms with E-state index >= 15 is 0 Å². The first kappa shape index (κ1) is 25.3. The summed E-state index contributed by atoms with van der Waals surface area (Å²) in [5, 5.41) is 0. The molecule has 0 spiro atoms. The minimum atomic E-state index is -0.659. The smallest absolute Gasteiger partial charge is 0.343 e. The van der Waals surface area contributed by atoms with E-state index in [4.69, 9.17) is 9.47 Å². The molecule has 0 aliphatic rings. The molecule has 0 radical (unpaired) electrons. The summed E-state index contributed by atoms with van der Waals surface area (Å²) < 4.78 is 11.3. The molecule has 2 aromatic carbocycles. The lowest BCUT2D eigenvalue weighted by Crippen LogP contribution is -2.24. The van der Waals surface area contributed by atoms with Gasteiger partial charge < -0.3 is 9.47 Å². The SMILES string of the molecule is CC(C)(C)Oc1ccc(OC(=O)c2cc(C(=O)C(C)(C)C)cc(C(=O)C(C)(C)C)c2)cc1. The van der Waals surface area contributed by atoms with Crippen LogP contribution >= 0.6 is 0 Å². The van der Waals surface area contributed by atoms with Crippen molar-refractivity contribution < 1.29 is 23.9 Å². The minimum Gasteiger partial charge on any atom is -0.488 e.